The fraction of sp³-hybridized carbons (Fsp3) is 0.357. The molecule has 22 heteroatoms. The molecule has 5 rings (SSSR count). The van der Waals surface area contributed by atoms with Crippen molar-refractivity contribution in [1.82, 2.24) is 49.6 Å². The zero-order valence-electron chi connectivity index (χ0n) is 25.4. The largest absolute Gasteiger partial charge is 0.416 e. The van der Waals surface area contributed by atoms with Gasteiger partial charge in [0, 0.05) is 36.4 Å². The van der Waals surface area contributed by atoms with Gasteiger partial charge in [-0.3, -0.25) is 19.0 Å². The fourth-order valence-corrected chi connectivity index (χ4v) is 4.87. The van der Waals surface area contributed by atoms with Gasteiger partial charge in [-0.05, 0) is 36.4 Å². The second kappa shape index (κ2) is 14.3. The number of carbonyl (C=O) groups excluding carboxylic acids is 3. The van der Waals surface area contributed by atoms with Crippen molar-refractivity contribution >= 4 is 29.3 Å². The minimum atomic E-state index is -5.08. The number of piperazine rings is 1. The number of hydrogen-bond acceptors (Lipinski definition) is 9. The highest BCUT2D eigenvalue weighted by Crippen LogP contribution is 2.25. The molecule has 4 heterocycles. The summed E-state index contributed by atoms with van der Waals surface area (Å²) in [5.41, 5.74) is -1.28. The van der Waals surface area contributed by atoms with Crippen molar-refractivity contribution in [1.29, 1.82) is 0 Å². The van der Waals surface area contributed by atoms with Crippen LogP contribution in [0.1, 0.15) is 33.2 Å². The van der Waals surface area contributed by atoms with Crippen molar-refractivity contribution in [2.75, 3.05) is 26.2 Å². The van der Waals surface area contributed by atoms with E-state index in [0.717, 1.165) is 9.58 Å². The second-order valence-corrected chi connectivity index (χ2v) is 11.2. The van der Waals surface area contributed by atoms with E-state index in [1.54, 1.807) is 0 Å². The van der Waals surface area contributed by atoms with Crippen LogP contribution in [0.15, 0.2) is 47.4 Å². The van der Waals surface area contributed by atoms with E-state index in [0.29, 0.717) is 9.25 Å². The Morgan fingerprint density at radius 3 is 2.44 bits per heavy atom. The van der Waals surface area contributed by atoms with Crippen molar-refractivity contribution < 1.29 is 45.8 Å². The molecule has 0 saturated carbocycles. The van der Waals surface area contributed by atoms with Crippen LogP contribution in [-0.4, -0.2) is 106 Å². The van der Waals surface area contributed by atoms with Gasteiger partial charge >= 0.3 is 18.0 Å². The van der Waals surface area contributed by atoms with Crippen LogP contribution in [-0.2, 0) is 17.9 Å². The van der Waals surface area contributed by atoms with Gasteiger partial charge in [-0.25, -0.2) is 19.4 Å². The van der Waals surface area contributed by atoms with Crippen LogP contribution in [0.2, 0.25) is 5.02 Å². The molecule has 1 aliphatic rings. The summed E-state index contributed by atoms with van der Waals surface area (Å²) in [6.07, 6.45) is -12.7. The zero-order valence-corrected chi connectivity index (χ0v) is 26.1. The summed E-state index contributed by atoms with van der Waals surface area (Å²) in [6, 6.07) is 8.06. The molecule has 0 bridgehead atoms. The first-order valence-corrected chi connectivity index (χ1v) is 14.9. The molecule has 1 fully saturated rings. The number of hydrogen-bond donors (Lipinski definition) is 3. The van der Waals surface area contributed by atoms with E-state index in [9.17, 15) is 50.6 Å². The Labute approximate surface area is 281 Å². The number of aliphatic hydroxyl groups excluding tert-OH is 1. The van der Waals surface area contributed by atoms with E-state index in [1.165, 1.54) is 42.6 Å². The predicted octanol–water partition coefficient (Wildman–Crippen LogP) is 1.57. The summed E-state index contributed by atoms with van der Waals surface area (Å²) in [5.74, 6) is -3.87. The Hall–Kier alpha value is -5.31. The molecule has 50 heavy (non-hydrogen) atoms. The average molecular weight is 731 g/mol. The molecule has 1 atom stereocenters. The maximum absolute atomic E-state index is 13.7. The number of amides is 3. The Kier molecular flexibility index (Phi) is 10.3. The van der Waals surface area contributed by atoms with Crippen molar-refractivity contribution in [3.05, 3.63) is 75.3 Å². The third-order valence-corrected chi connectivity index (χ3v) is 7.40. The number of pyridine rings is 1. The standard InChI is InChI=1S/C28H25ClF6N10O5/c29-16-5-3-15(4-6-16)21-41-44(26(50)43(21)12-18(46)28(33,34)35)13-19-39-23(25(49)42-11-10-36-20(47)14-42)45(40-19)22-17(2-1-8-37-22)24(48)38-9-7-27(30,31)32/h1-6,8,18,46H,7,9-14H2,(H,36,47)(H,38,48). The van der Waals surface area contributed by atoms with Gasteiger partial charge in [-0.15, -0.1) is 10.2 Å². The zero-order chi connectivity index (χ0) is 36.4. The monoisotopic (exact) mass is 730 g/mol. The van der Waals surface area contributed by atoms with E-state index in [1.807, 2.05) is 0 Å². The number of nitrogens with one attached hydrogen (secondary N) is 2. The van der Waals surface area contributed by atoms with Gasteiger partial charge in [0.05, 0.1) is 18.5 Å². The maximum atomic E-state index is 13.7. The van der Waals surface area contributed by atoms with E-state index in [4.69, 9.17) is 11.6 Å². The lowest BCUT2D eigenvalue weighted by atomic mass is 10.2. The van der Waals surface area contributed by atoms with Crippen LogP contribution >= 0.6 is 11.6 Å². The number of rotatable bonds is 10. The first-order valence-electron chi connectivity index (χ1n) is 14.5. The SMILES string of the molecule is O=C1CN(C(=O)c2nc(Cn3nc(-c4ccc(Cl)cc4)n(CC(O)C(F)(F)F)c3=O)nn2-c2ncccc2C(=O)NCCC(F)(F)F)CCN1. The molecule has 1 aromatic carbocycles. The maximum Gasteiger partial charge on any atom is 0.416 e. The minimum Gasteiger partial charge on any atom is -0.382 e. The number of benzene rings is 1. The lowest BCUT2D eigenvalue weighted by Gasteiger charge is -2.26. The molecule has 266 valence electrons. The lowest BCUT2D eigenvalue weighted by Crippen LogP contribution is -2.50. The Morgan fingerprint density at radius 2 is 1.78 bits per heavy atom. The molecule has 3 aromatic heterocycles. The van der Waals surface area contributed by atoms with Gasteiger partial charge in [-0.1, -0.05) is 11.6 Å². The molecule has 0 radical (unpaired) electrons. The van der Waals surface area contributed by atoms with E-state index < -0.39 is 73.7 Å². The van der Waals surface area contributed by atoms with Gasteiger partial charge < -0.3 is 20.6 Å². The number of aromatic nitrogens is 7. The molecule has 1 saturated heterocycles. The number of carbonyl (C=O) groups is 3. The highest BCUT2D eigenvalue weighted by atomic mass is 35.5. The van der Waals surface area contributed by atoms with Gasteiger partial charge in [0.2, 0.25) is 11.7 Å². The molecule has 3 amide bonds. The van der Waals surface area contributed by atoms with Crippen molar-refractivity contribution in [3.63, 3.8) is 0 Å². The summed E-state index contributed by atoms with van der Waals surface area (Å²) in [4.78, 5) is 61.4. The summed E-state index contributed by atoms with van der Waals surface area (Å²) in [6.45, 7) is -2.93. The molecule has 4 aromatic rings. The first-order chi connectivity index (χ1) is 23.5. The van der Waals surface area contributed by atoms with Crippen LogP contribution in [0.25, 0.3) is 17.2 Å². The predicted molar refractivity (Wildman–Crippen MR) is 159 cm³/mol. The van der Waals surface area contributed by atoms with Crippen LogP contribution < -0.4 is 16.3 Å². The lowest BCUT2D eigenvalue weighted by molar-refractivity contribution is -0.207. The smallest absolute Gasteiger partial charge is 0.382 e. The van der Waals surface area contributed by atoms with Crippen LogP contribution in [0.3, 0.4) is 0 Å². The van der Waals surface area contributed by atoms with Gasteiger partial charge in [0.25, 0.3) is 11.8 Å². The molecular formula is C28H25ClF6N10O5. The number of halogens is 7. The number of aliphatic hydroxyl groups is 1. The summed E-state index contributed by atoms with van der Waals surface area (Å²) in [7, 11) is 0. The van der Waals surface area contributed by atoms with Crippen molar-refractivity contribution in [3.8, 4) is 17.2 Å². The molecule has 1 unspecified atom stereocenters. The third kappa shape index (κ3) is 8.28. The summed E-state index contributed by atoms with van der Waals surface area (Å²) in [5, 5.41) is 23.1. The highest BCUT2D eigenvalue weighted by Gasteiger charge is 2.39. The molecule has 3 N–H and O–H groups in total. The highest BCUT2D eigenvalue weighted by molar-refractivity contribution is 6.30. The molecule has 0 spiro atoms. The van der Waals surface area contributed by atoms with Gasteiger partial charge in [-0.2, -0.15) is 31.0 Å². The van der Waals surface area contributed by atoms with Crippen molar-refractivity contribution in [2.45, 2.75) is 38.0 Å². The van der Waals surface area contributed by atoms with Crippen molar-refractivity contribution in [2.24, 2.45) is 0 Å². The minimum absolute atomic E-state index is 0.0373. The fourth-order valence-electron chi connectivity index (χ4n) is 4.75. The Bertz CT molecular complexity index is 1960. The van der Waals surface area contributed by atoms with Crippen LogP contribution in [0.5, 0.6) is 0 Å². The number of alkyl halides is 6. The van der Waals surface area contributed by atoms with Gasteiger partial charge in [0.1, 0.15) is 13.1 Å². The van der Waals surface area contributed by atoms with Crippen LogP contribution in [0, 0.1) is 0 Å². The third-order valence-electron chi connectivity index (χ3n) is 7.14. The quantitative estimate of drug-likeness (QED) is 0.204. The number of nitrogens with zero attached hydrogens (tertiary/aromatic N) is 8. The summed E-state index contributed by atoms with van der Waals surface area (Å²) < 4.78 is 80.1. The summed E-state index contributed by atoms with van der Waals surface area (Å²) >= 11 is 5.93. The molecule has 0 aliphatic carbocycles. The topological polar surface area (TPSA) is 182 Å². The molecular weight excluding hydrogens is 706 g/mol. The van der Waals surface area contributed by atoms with E-state index in [-0.39, 0.29) is 53.3 Å². The second-order valence-electron chi connectivity index (χ2n) is 10.8. The first kappa shape index (κ1) is 36.0. The average Bonchev–Trinajstić information content (AvgIpc) is 3.60. The van der Waals surface area contributed by atoms with E-state index in [2.05, 4.69) is 30.8 Å². The Morgan fingerprint density at radius 1 is 1.06 bits per heavy atom. The van der Waals surface area contributed by atoms with Crippen LogP contribution in [0.4, 0.5) is 26.3 Å². The molecule has 15 nitrogen and oxygen atoms in total. The Balaban J connectivity index is 1.57. The van der Waals surface area contributed by atoms with E-state index >= 15 is 0 Å². The van der Waals surface area contributed by atoms with Gasteiger partial charge in [0.15, 0.2) is 23.6 Å². The normalized spacial score (nSPS) is 14.4. The molecule has 1 aliphatic heterocycles.